The van der Waals surface area contributed by atoms with Crippen LogP contribution in [0.4, 0.5) is 10.1 Å². The Morgan fingerprint density at radius 2 is 1.93 bits per heavy atom. The zero-order valence-electron chi connectivity index (χ0n) is 14.1. The molecule has 1 N–H and O–H groups in total. The Morgan fingerprint density at radius 3 is 2.68 bits per heavy atom. The fraction of sp³-hybridized carbons (Fsp3) is 0. The number of thioether (sulfide) groups is 1. The van der Waals surface area contributed by atoms with E-state index in [9.17, 15) is 9.18 Å². The first-order valence-corrected chi connectivity index (χ1v) is 10.1. The van der Waals surface area contributed by atoms with Crippen LogP contribution >= 0.6 is 39.3 Å². The molecule has 1 saturated heterocycles. The number of halogens is 3. The van der Waals surface area contributed by atoms with Gasteiger partial charge in [-0.05, 0) is 76.2 Å². The van der Waals surface area contributed by atoms with Crippen molar-refractivity contribution in [1.29, 1.82) is 0 Å². The Balaban J connectivity index is 1.54. The summed E-state index contributed by atoms with van der Waals surface area (Å²) in [6, 6.07) is 14.8. The van der Waals surface area contributed by atoms with Gasteiger partial charge in [-0.2, -0.15) is 0 Å². The van der Waals surface area contributed by atoms with E-state index in [0.29, 0.717) is 32.3 Å². The van der Waals surface area contributed by atoms with Crippen LogP contribution in [0.5, 0.6) is 0 Å². The van der Waals surface area contributed by atoms with Gasteiger partial charge in [0.2, 0.25) is 0 Å². The number of carbonyl (C=O) groups excluding carboxylic acids is 1. The van der Waals surface area contributed by atoms with Gasteiger partial charge in [-0.25, -0.2) is 9.38 Å². The van der Waals surface area contributed by atoms with Gasteiger partial charge in [-0.1, -0.05) is 17.7 Å². The van der Waals surface area contributed by atoms with Crippen LogP contribution in [0.1, 0.15) is 5.76 Å². The van der Waals surface area contributed by atoms with Crippen molar-refractivity contribution in [3.05, 3.63) is 80.6 Å². The van der Waals surface area contributed by atoms with Gasteiger partial charge >= 0.3 is 0 Å². The second-order valence-corrected chi connectivity index (χ2v) is 8.08. The molecule has 140 valence electrons. The predicted molar refractivity (Wildman–Crippen MR) is 114 cm³/mol. The minimum atomic E-state index is -0.340. The number of aliphatic imine (C=N–C) groups is 1. The lowest BCUT2D eigenvalue weighted by Gasteiger charge is -1.99. The molecule has 1 aliphatic heterocycles. The zero-order chi connectivity index (χ0) is 19.7. The van der Waals surface area contributed by atoms with Crippen LogP contribution in [0.2, 0.25) is 5.02 Å². The molecule has 0 bridgehead atoms. The molecule has 1 fully saturated rings. The number of hydrogen-bond acceptors (Lipinski definition) is 4. The van der Waals surface area contributed by atoms with Crippen molar-refractivity contribution in [3.63, 3.8) is 0 Å². The molecule has 2 heterocycles. The molecule has 0 saturated carbocycles. The number of carbonyl (C=O) groups is 1. The smallest absolute Gasteiger partial charge is 0.264 e. The second-order valence-electron chi connectivity index (χ2n) is 5.79. The van der Waals surface area contributed by atoms with Gasteiger partial charge in [0.05, 0.1) is 15.6 Å². The summed E-state index contributed by atoms with van der Waals surface area (Å²) < 4.78 is 19.6. The third-order valence-electron chi connectivity index (χ3n) is 3.81. The summed E-state index contributed by atoms with van der Waals surface area (Å²) in [7, 11) is 0. The van der Waals surface area contributed by atoms with Crippen LogP contribution in [0.15, 0.2) is 73.4 Å². The maximum absolute atomic E-state index is 13.0. The molecule has 3 aromatic rings. The number of amides is 1. The lowest BCUT2D eigenvalue weighted by Crippen LogP contribution is -2.19. The lowest BCUT2D eigenvalue weighted by atomic mass is 10.2. The number of furan rings is 1. The summed E-state index contributed by atoms with van der Waals surface area (Å²) in [6.45, 7) is 0. The van der Waals surface area contributed by atoms with E-state index in [-0.39, 0.29) is 11.7 Å². The molecule has 0 unspecified atom stereocenters. The van der Waals surface area contributed by atoms with Crippen LogP contribution < -0.4 is 5.32 Å². The van der Waals surface area contributed by atoms with Gasteiger partial charge in [0, 0.05) is 16.1 Å². The lowest BCUT2D eigenvalue weighted by molar-refractivity contribution is -0.115. The number of rotatable bonds is 3. The molecule has 0 radical (unpaired) electrons. The van der Waals surface area contributed by atoms with Gasteiger partial charge in [0.15, 0.2) is 5.17 Å². The van der Waals surface area contributed by atoms with Crippen molar-refractivity contribution in [2.24, 2.45) is 4.99 Å². The van der Waals surface area contributed by atoms with Gasteiger partial charge in [0.25, 0.3) is 5.91 Å². The van der Waals surface area contributed by atoms with Crippen molar-refractivity contribution < 1.29 is 13.6 Å². The summed E-state index contributed by atoms with van der Waals surface area (Å²) in [5.74, 6) is 0.573. The molecule has 2 aromatic carbocycles. The molecule has 0 aliphatic carbocycles. The summed E-state index contributed by atoms with van der Waals surface area (Å²) >= 11 is 10.7. The Kier molecular flexibility index (Phi) is 5.39. The van der Waals surface area contributed by atoms with Crippen LogP contribution in [0.25, 0.3) is 17.4 Å². The number of hydrogen-bond donors (Lipinski definition) is 1. The highest BCUT2D eigenvalue weighted by Gasteiger charge is 2.24. The highest BCUT2D eigenvalue weighted by molar-refractivity contribution is 9.10. The van der Waals surface area contributed by atoms with Crippen LogP contribution in [0, 0.1) is 5.82 Å². The molecular formula is C20H11BrClFN2O2S. The van der Waals surface area contributed by atoms with E-state index in [2.05, 4.69) is 26.2 Å². The van der Waals surface area contributed by atoms with Crippen LogP contribution in [-0.2, 0) is 4.79 Å². The average molecular weight is 478 g/mol. The predicted octanol–water partition coefficient (Wildman–Crippen LogP) is 6.39. The SMILES string of the molecule is O=C1NC(=Nc2ccc(F)cc2)S/C1=C/c1ccc(-c2ccc(Br)c(Cl)c2)o1. The monoisotopic (exact) mass is 476 g/mol. The molecular weight excluding hydrogens is 467 g/mol. The molecule has 0 spiro atoms. The quantitative estimate of drug-likeness (QED) is 0.445. The Bertz CT molecular complexity index is 1130. The van der Waals surface area contributed by atoms with E-state index in [1.54, 1.807) is 30.3 Å². The summed E-state index contributed by atoms with van der Waals surface area (Å²) in [4.78, 5) is 16.9. The molecule has 8 heteroatoms. The van der Waals surface area contributed by atoms with Crippen LogP contribution in [-0.4, -0.2) is 11.1 Å². The molecule has 28 heavy (non-hydrogen) atoms. The van der Waals surface area contributed by atoms with E-state index in [1.807, 2.05) is 18.2 Å². The maximum Gasteiger partial charge on any atom is 0.264 e. The first-order chi connectivity index (χ1) is 13.5. The number of amidine groups is 1. The summed E-state index contributed by atoms with van der Waals surface area (Å²) in [5, 5.41) is 3.70. The largest absolute Gasteiger partial charge is 0.457 e. The van der Waals surface area contributed by atoms with E-state index < -0.39 is 0 Å². The van der Waals surface area contributed by atoms with Gasteiger partial charge in [0.1, 0.15) is 17.3 Å². The molecule has 4 nitrogen and oxygen atoms in total. The second kappa shape index (κ2) is 7.95. The van der Waals surface area contributed by atoms with Crippen molar-refractivity contribution >= 4 is 62.1 Å². The molecule has 4 rings (SSSR count). The molecule has 1 aromatic heterocycles. The number of nitrogens with zero attached hydrogens (tertiary/aromatic N) is 1. The molecule has 1 amide bonds. The van der Waals surface area contributed by atoms with Crippen LogP contribution in [0.3, 0.4) is 0 Å². The Morgan fingerprint density at radius 1 is 1.14 bits per heavy atom. The first-order valence-electron chi connectivity index (χ1n) is 8.08. The van der Waals surface area contributed by atoms with Crippen molar-refractivity contribution in [1.82, 2.24) is 5.32 Å². The molecule has 0 atom stereocenters. The zero-order valence-corrected chi connectivity index (χ0v) is 17.2. The Hall–Kier alpha value is -2.35. The van der Waals surface area contributed by atoms with Crippen molar-refractivity contribution in [3.8, 4) is 11.3 Å². The normalized spacial score (nSPS) is 16.8. The standard InChI is InChI=1S/C20H11BrClFN2O2S/c21-15-7-1-11(9-16(15)22)17-8-6-14(27-17)10-18-19(26)25-20(28-18)24-13-4-2-12(23)3-5-13/h1-10H,(H,24,25,26)/b18-10+. The van der Waals surface area contributed by atoms with E-state index in [4.69, 9.17) is 16.0 Å². The highest BCUT2D eigenvalue weighted by atomic mass is 79.9. The van der Waals surface area contributed by atoms with Crippen molar-refractivity contribution in [2.45, 2.75) is 0 Å². The third kappa shape index (κ3) is 4.22. The fourth-order valence-electron chi connectivity index (χ4n) is 2.48. The summed E-state index contributed by atoms with van der Waals surface area (Å²) in [5.41, 5.74) is 1.39. The van der Waals surface area contributed by atoms with Crippen molar-refractivity contribution in [2.75, 3.05) is 0 Å². The van der Waals surface area contributed by atoms with E-state index >= 15 is 0 Å². The Labute approximate surface area is 177 Å². The minimum Gasteiger partial charge on any atom is -0.457 e. The fourth-order valence-corrected chi connectivity index (χ4v) is 3.73. The number of nitrogens with one attached hydrogen (secondary N) is 1. The average Bonchev–Trinajstić information content (AvgIpc) is 3.27. The minimum absolute atomic E-state index is 0.268. The number of benzene rings is 2. The van der Waals surface area contributed by atoms with Gasteiger partial charge in [-0.3, -0.25) is 4.79 Å². The maximum atomic E-state index is 13.0. The highest BCUT2D eigenvalue weighted by Crippen LogP contribution is 2.32. The van der Waals surface area contributed by atoms with Gasteiger partial charge in [-0.15, -0.1) is 0 Å². The van der Waals surface area contributed by atoms with E-state index in [1.165, 1.54) is 23.9 Å². The molecule has 1 aliphatic rings. The third-order valence-corrected chi connectivity index (χ3v) is 5.95. The summed E-state index contributed by atoms with van der Waals surface area (Å²) in [6.07, 6.45) is 1.65. The van der Waals surface area contributed by atoms with Gasteiger partial charge < -0.3 is 9.73 Å². The van der Waals surface area contributed by atoms with E-state index in [0.717, 1.165) is 10.0 Å². The topological polar surface area (TPSA) is 54.6 Å². The first kappa shape index (κ1) is 19.0.